The minimum Gasteiger partial charge on any atom is -1.00 e. The van der Waals surface area contributed by atoms with Crippen LogP contribution in [0.3, 0.4) is 0 Å². The molecule has 0 amide bonds. The van der Waals surface area contributed by atoms with E-state index < -0.39 is 0 Å². The summed E-state index contributed by atoms with van der Waals surface area (Å²) in [5.74, 6) is 0. The molecule has 0 aromatic heterocycles. The molecule has 0 radical (unpaired) electrons. The molecule has 0 fully saturated rings. The van der Waals surface area contributed by atoms with Crippen LogP contribution in [-0.4, -0.2) is 0 Å². The van der Waals surface area contributed by atoms with Crippen molar-refractivity contribution in [1.82, 2.24) is 0 Å². The van der Waals surface area contributed by atoms with E-state index in [1.165, 1.54) is 0 Å². The van der Waals surface area contributed by atoms with Gasteiger partial charge in [-0.2, -0.15) is 0 Å². The van der Waals surface area contributed by atoms with Crippen LogP contribution in [-0.2, 0) is 0 Å². The molecule has 0 heterocycles. The predicted molar refractivity (Wildman–Crippen MR) is 0 cm³/mol. The van der Waals surface area contributed by atoms with E-state index in [1.807, 2.05) is 0 Å². The summed E-state index contributed by atoms with van der Waals surface area (Å²) in [6.07, 6.45) is 0. The van der Waals surface area contributed by atoms with Crippen LogP contribution in [0.25, 0.3) is 0 Å². The molecule has 0 rings (SSSR count). The van der Waals surface area contributed by atoms with Crippen LogP contribution in [0.2, 0.25) is 0 Å². The fourth-order valence-electron chi connectivity index (χ4n) is 0. The Kier molecular flexibility index (Phi) is 322. The van der Waals surface area contributed by atoms with Crippen LogP contribution in [0.5, 0.6) is 0 Å². The third-order valence-electron chi connectivity index (χ3n) is 0. The molecule has 0 saturated carbocycles. The summed E-state index contributed by atoms with van der Waals surface area (Å²) in [6.45, 7) is 0. The normalized spacial score (nSPS) is 0. The summed E-state index contributed by atoms with van der Waals surface area (Å²) < 4.78 is 0. The third-order valence-corrected chi connectivity index (χ3v) is 0. The molecule has 0 aliphatic rings. The maximum Gasteiger partial charge on any atom is 4.00 e. The average Bonchev–Trinajstić information content (AvgIpc) is 0. The van der Waals surface area contributed by atoms with E-state index in [-0.39, 0.29) is 89.6 Å². The van der Waals surface area contributed by atoms with Crippen molar-refractivity contribution in [2.75, 3.05) is 0 Å². The fraction of sp³-hybridized carbons (Fsp3) is 0. The van der Waals surface area contributed by atoms with E-state index in [0.717, 1.165) is 0 Å². The SMILES string of the molecule is [Cl-].[Cl-].[Cl-].[Cl-].[Th+4]. The smallest absolute Gasteiger partial charge is 1.00 e. The van der Waals surface area contributed by atoms with Crippen LogP contribution < -0.4 is 49.6 Å². The number of halogens is 4. The van der Waals surface area contributed by atoms with E-state index in [2.05, 4.69) is 0 Å². The van der Waals surface area contributed by atoms with Gasteiger partial charge in [0.2, 0.25) is 0 Å². The summed E-state index contributed by atoms with van der Waals surface area (Å²) in [4.78, 5) is 0. The van der Waals surface area contributed by atoms with Crippen LogP contribution in [0.1, 0.15) is 0 Å². The third kappa shape index (κ3) is 21.1. The molecule has 0 bridgehead atoms. The Morgan fingerprint density at radius 3 is 0.400 bits per heavy atom. The van der Waals surface area contributed by atoms with Crippen molar-refractivity contribution in [3.05, 3.63) is 0 Å². The summed E-state index contributed by atoms with van der Waals surface area (Å²) in [5, 5.41) is 0. The fourth-order valence-corrected chi connectivity index (χ4v) is 0. The zero-order chi connectivity index (χ0) is 0. The second kappa shape index (κ2) is 31.6. The van der Waals surface area contributed by atoms with Gasteiger partial charge in [0.25, 0.3) is 0 Å². The van der Waals surface area contributed by atoms with Gasteiger partial charge in [-0.15, -0.1) is 0 Å². The largest absolute Gasteiger partial charge is 4.00 e. The minimum atomic E-state index is 0. The quantitative estimate of drug-likeness (QED) is 0.396. The first kappa shape index (κ1) is 51.0. The molecule has 0 saturated heterocycles. The van der Waals surface area contributed by atoms with Gasteiger partial charge in [0.05, 0.1) is 0 Å². The van der Waals surface area contributed by atoms with Gasteiger partial charge in [-0.3, -0.25) is 0 Å². The Bertz CT molecular complexity index is 3.61. The monoisotopic (exact) mass is 372 g/mol. The molecular formula is Cl4Th. The molecule has 32 valence electrons. The molecule has 0 unspecified atom stereocenters. The summed E-state index contributed by atoms with van der Waals surface area (Å²) in [5.41, 5.74) is 0. The van der Waals surface area contributed by atoms with Crippen LogP contribution in [0, 0.1) is 39.9 Å². The molecule has 5 heavy (non-hydrogen) atoms. The van der Waals surface area contributed by atoms with E-state index in [1.54, 1.807) is 0 Å². The van der Waals surface area contributed by atoms with Gasteiger partial charge >= 0.3 is 39.9 Å². The van der Waals surface area contributed by atoms with Crippen molar-refractivity contribution in [2.45, 2.75) is 0 Å². The first-order valence-electron chi connectivity index (χ1n) is 0. The van der Waals surface area contributed by atoms with E-state index >= 15 is 0 Å². The molecule has 0 aromatic carbocycles. The summed E-state index contributed by atoms with van der Waals surface area (Å²) >= 11 is 0. The number of hydrogen-bond acceptors (Lipinski definition) is 0. The Labute approximate surface area is 88.2 Å². The van der Waals surface area contributed by atoms with Crippen molar-refractivity contribution >= 4 is 0 Å². The van der Waals surface area contributed by atoms with Crippen LogP contribution in [0.15, 0.2) is 0 Å². The topological polar surface area (TPSA) is 0 Å². The van der Waals surface area contributed by atoms with Gasteiger partial charge in [-0.05, 0) is 0 Å². The average molecular weight is 374 g/mol. The first-order valence-corrected chi connectivity index (χ1v) is 0. The van der Waals surface area contributed by atoms with Gasteiger partial charge in [0.1, 0.15) is 0 Å². The van der Waals surface area contributed by atoms with E-state index in [9.17, 15) is 0 Å². The summed E-state index contributed by atoms with van der Waals surface area (Å²) in [6, 6.07) is 0. The molecule has 5 heteroatoms. The molecule has 0 aliphatic heterocycles. The minimum absolute atomic E-state index is 0. The van der Waals surface area contributed by atoms with Crippen molar-refractivity contribution in [3.8, 4) is 0 Å². The number of rotatable bonds is 0. The van der Waals surface area contributed by atoms with Gasteiger partial charge in [0, 0.05) is 0 Å². The Morgan fingerprint density at radius 1 is 0.400 bits per heavy atom. The molecule has 0 N–H and O–H groups in total. The van der Waals surface area contributed by atoms with Gasteiger partial charge in [-0.1, -0.05) is 0 Å². The standard InChI is InChI=1S/4ClH.Th/h4*1H;/q;;;;+4/p-4. The van der Waals surface area contributed by atoms with Gasteiger partial charge in [-0.25, -0.2) is 0 Å². The maximum absolute atomic E-state index is 0. The molecule has 0 spiro atoms. The molecule has 0 aromatic rings. The Hall–Kier alpha value is 2.48. The molecular weight excluding hydrogens is 374 g/mol. The second-order valence-electron chi connectivity index (χ2n) is 0. The predicted octanol–water partition coefficient (Wildman–Crippen LogP) is -12.0. The van der Waals surface area contributed by atoms with Gasteiger partial charge in [0.15, 0.2) is 0 Å². The first-order chi connectivity index (χ1) is 0. The van der Waals surface area contributed by atoms with Crippen molar-refractivity contribution in [2.24, 2.45) is 0 Å². The van der Waals surface area contributed by atoms with E-state index in [0.29, 0.717) is 0 Å². The Balaban J connectivity index is 0. The zero-order valence-electron chi connectivity index (χ0n) is 2.01. The second-order valence-corrected chi connectivity index (χ2v) is 0. The van der Waals surface area contributed by atoms with E-state index in [4.69, 9.17) is 0 Å². The number of hydrogen-bond donors (Lipinski definition) is 0. The Morgan fingerprint density at radius 2 is 0.400 bits per heavy atom. The van der Waals surface area contributed by atoms with Gasteiger partial charge < -0.3 is 49.6 Å². The van der Waals surface area contributed by atoms with Crippen LogP contribution >= 0.6 is 0 Å². The maximum atomic E-state index is 0. The molecule has 0 nitrogen and oxygen atoms in total. The summed E-state index contributed by atoms with van der Waals surface area (Å²) in [7, 11) is 0. The molecule has 0 atom stereocenters. The van der Waals surface area contributed by atoms with Crippen molar-refractivity contribution < 1.29 is 89.6 Å². The van der Waals surface area contributed by atoms with Crippen LogP contribution in [0.4, 0.5) is 0 Å². The zero-order valence-corrected chi connectivity index (χ0v) is 9.15. The van der Waals surface area contributed by atoms with Crippen molar-refractivity contribution in [1.29, 1.82) is 0 Å². The van der Waals surface area contributed by atoms with Crippen molar-refractivity contribution in [3.63, 3.8) is 0 Å². The molecule has 0 aliphatic carbocycles.